The van der Waals surface area contributed by atoms with E-state index in [9.17, 15) is 0 Å². The quantitative estimate of drug-likeness (QED) is 0.560. The fourth-order valence-electron chi connectivity index (χ4n) is 2.67. The number of hydrogen-bond donors (Lipinski definition) is 2. The number of hydrogen-bond acceptors (Lipinski definition) is 4. The normalized spacial score (nSPS) is 11.2. The predicted molar refractivity (Wildman–Crippen MR) is 106 cm³/mol. The third kappa shape index (κ3) is 5.05. The van der Waals surface area contributed by atoms with E-state index in [1.165, 1.54) is 5.56 Å². The zero-order valence-electron chi connectivity index (χ0n) is 15.8. The van der Waals surface area contributed by atoms with Gasteiger partial charge in [-0.05, 0) is 30.5 Å². The number of nitrogens with two attached hydrogens (primary N) is 1. The van der Waals surface area contributed by atoms with Crippen LogP contribution in [-0.4, -0.2) is 33.8 Å². The van der Waals surface area contributed by atoms with E-state index in [1.807, 2.05) is 24.3 Å². The number of aliphatic imine (C=N–C) groups is 1. The molecule has 0 bridgehead atoms. The van der Waals surface area contributed by atoms with Crippen LogP contribution in [0.2, 0.25) is 0 Å². The molecule has 0 atom stereocenters. The van der Waals surface area contributed by atoms with Gasteiger partial charge in [0.1, 0.15) is 17.2 Å². The molecular weight excluding hydrogens is 330 g/mol. The molecule has 2 aromatic carbocycles. The third-order valence-electron chi connectivity index (χ3n) is 4.07. The summed E-state index contributed by atoms with van der Waals surface area (Å²) in [5, 5.41) is 3.12. The van der Waals surface area contributed by atoms with Crippen LogP contribution in [0.1, 0.15) is 18.1 Å². The minimum Gasteiger partial charge on any atom is -0.496 e. The van der Waals surface area contributed by atoms with E-state index in [2.05, 4.69) is 29.4 Å². The van der Waals surface area contributed by atoms with Crippen LogP contribution in [0.15, 0.2) is 41.4 Å². The maximum Gasteiger partial charge on any atom is 0.193 e. The minimum atomic E-state index is 0.379. The van der Waals surface area contributed by atoms with Crippen molar-refractivity contribution in [1.29, 1.82) is 0 Å². The van der Waals surface area contributed by atoms with Crippen molar-refractivity contribution in [3.05, 3.63) is 47.5 Å². The average Bonchev–Trinajstić information content (AvgIpc) is 2.67. The highest BCUT2D eigenvalue weighted by molar-refractivity contribution is 5.92. The number of guanidine groups is 1. The Morgan fingerprint density at radius 3 is 2.31 bits per heavy atom. The van der Waals surface area contributed by atoms with Crippen molar-refractivity contribution in [2.24, 2.45) is 10.7 Å². The number of aryl methyl sites for hydroxylation is 1. The first kappa shape index (κ1) is 19.4. The topological polar surface area (TPSA) is 78.1 Å². The van der Waals surface area contributed by atoms with E-state index in [0.717, 1.165) is 17.7 Å². The lowest BCUT2D eigenvalue weighted by Crippen LogP contribution is -2.23. The lowest BCUT2D eigenvalue weighted by Gasteiger charge is -2.14. The van der Waals surface area contributed by atoms with Crippen LogP contribution in [-0.2, 0) is 12.8 Å². The molecule has 0 heterocycles. The molecule has 140 valence electrons. The molecule has 6 heteroatoms. The molecule has 0 aliphatic carbocycles. The zero-order valence-corrected chi connectivity index (χ0v) is 15.8. The first-order valence-corrected chi connectivity index (χ1v) is 8.56. The Kier molecular flexibility index (Phi) is 7.14. The van der Waals surface area contributed by atoms with E-state index in [4.69, 9.17) is 19.9 Å². The van der Waals surface area contributed by atoms with Crippen LogP contribution in [0.25, 0.3) is 0 Å². The van der Waals surface area contributed by atoms with Gasteiger partial charge in [0.05, 0.1) is 21.3 Å². The lowest BCUT2D eigenvalue weighted by atomic mass is 10.1. The molecule has 0 radical (unpaired) electrons. The number of nitrogens with zero attached hydrogens (tertiary/aromatic N) is 1. The van der Waals surface area contributed by atoms with Crippen molar-refractivity contribution in [1.82, 2.24) is 0 Å². The second-order valence-electron chi connectivity index (χ2n) is 5.71. The van der Waals surface area contributed by atoms with Crippen LogP contribution in [0.3, 0.4) is 0 Å². The van der Waals surface area contributed by atoms with Gasteiger partial charge in [-0.15, -0.1) is 0 Å². The highest BCUT2D eigenvalue weighted by Crippen LogP contribution is 2.34. The average molecular weight is 357 g/mol. The van der Waals surface area contributed by atoms with Crippen molar-refractivity contribution in [3.63, 3.8) is 0 Å². The predicted octanol–water partition coefficient (Wildman–Crippen LogP) is 3.24. The van der Waals surface area contributed by atoms with Gasteiger partial charge in [0.15, 0.2) is 5.96 Å². The van der Waals surface area contributed by atoms with Crippen molar-refractivity contribution >= 4 is 11.6 Å². The molecule has 6 nitrogen and oxygen atoms in total. The number of anilines is 1. The smallest absolute Gasteiger partial charge is 0.193 e. The van der Waals surface area contributed by atoms with Gasteiger partial charge in [0.2, 0.25) is 0 Å². The van der Waals surface area contributed by atoms with Crippen LogP contribution >= 0.6 is 0 Å². The van der Waals surface area contributed by atoms with Gasteiger partial charge >= 0.3 is 0 Å². The molecular formula is C20H27N3O3. The van der Waals surface area contributed by atoms with Crippen LogP contribution in [0.4, 0.5) is 5.69 Å². The number of rotatable bonds is 8. The van der Waals surface area contributed by atoms with Gasteiger partial charge in [0.25, 0.3) is 0 Å². The van der Waals surface area contributed by atoms with Crippen molar-refractivity contribution in [2.75, 3.05) is 33.2 Å². The monoisotopic (exact) mass is 357 g/mol. The molecule has 26 heavy (non-hydrogen) atoms. The van der Waals surface area contributed by atoms with Gasteiger partial charge in [0, 0.05) is 29.9 Å². The summed E-state index contributed by atoms with van der Waals surface area (Å²) in [7, 11) is 4.85. The molecule has 0 fully saturated rings. The van der Waals surface area contributed by atoms with Gasteiger partial charge < -0.3 is 25.3 Å². The molecule has 0 saturated heterocycles. The van der Waals surface area contributed by atoms with Gasteiger partial charge in [-0.2, -0.15) is 0 Å². The minimum absolute atomic E-state index is 0.379. The lowest BCUT2D eigenvalue weighted by molar-refractivity contribution is 0.369. The molecule has 0 saturated carbocycles. The second kappa shape index (κ2) is 9.56. The summed E-state index contributed by atoms with van der Waals surface area (Å²) >= 11 is 0. The standard InChI is InChI=1S/C20H27N3O3/c1-5-14-7-6-8-15(11-14)23-20(21)22-10-9-17-18(25-3)12-16(24-2)13-19(17)26-4/h6-8,11-13H,5,9-10H2,1-4H3,(H3,21,22,23). The second-order valence-corrected chi connectivity index (χ2v) is 5.71. The first-order chi connectivity index (χ1) is 12.6. The summed E-state index contributed by atoms with van der Waals surface area (Å²) in [6, 6.07) is 11.8. The Morgan fingerprint density at radius 1 is 1.04 bits per heavy atom. The Balaban J connectivity index is 2.06. The molecule has 2 aromatic rings. The van der Waals surface area contributed by atoms with E-state index < -0.39 is 0 Å². The summed E-state index contributed by atoms with van der Waals surface area (Å²) in [6.45, 7) is 2.62. The number of benzene rings is 2. The summed E-state index contributed by atoms with van der Waals surface area (Å²) in [4.78, 5) is 4.40. The van der Waals surface area contributed by atoms with Gasteiger partial charge in [-0.1, -0.05) is 19.1 Å². The Bertz CT molecular complexity index is 735. The third-order valence-corrected chi connectivity index (χ3v) is 4.07. The van der Waals surface area contributed by atoms with Crippen LogP contribution < -0.4 is 25.3 Å². The van der Waals surface area contributed by atoms with Crippen molar-refractivity contribution in [3.8, 4) is 17.2 Å². The summed E-state index contributed by atoms with van der Waals surface area (Å²) < 4.78 is 16.2. The van der Waals surface area contributed by atoms with E-state index in [0.29, 0.717) is 36.2 Å². The van der Waals surface area contributed by atoms with E-state index in [1.54, 1.807) is 21.3 Å². The molecule has 0 aromatic heterocycles. The molecule has 0 unspecified atom stereocenters. The van der Waals surface area contributed by atoms with Gasteiger partial charge in [-0.25, -0.2) is 0 Å². The first-order valence-electron chi connectivity index (χ1n) is 8.56. The highest BCUT2D eigenvalue weighted by atomic mass is 16.5. The Morgan fingerprint density at radius 2 is 1.73 bits per heavy atom. The van der Waals surface area contributed by atoms with E-state index in [-0.39, 0.29) is 0 Å². The number of ether oxygens (including phenoxy) is 3. The Hall–Kier alpha value is -2.89. The Labute approximate surface area is 155 Å². The molecule has 0 amide bonds. The summed E-state index contributed by atoms with van der Waals surface area (Å²) in [5.74, 6) is 2.48. The largest absolute Gasteiger partial charge is 0.496 e. The van der Waals surface area contributed by atoms with Crippen molar-refractivity contribution < 1.29 is 14.2 Å². The van der Waals surface area contributed by atoms with Gasteiger partial charge in [-0.3, -0.25) is 4.99 Å². The van der Waals surface area contributed by atoms with E-state index >= 15 is 0 Å². The molecule has 0 aliphatic rings. The number of methoxy groups -OCH3 is 3. The summed E-state index contributed by atoms with van der Waals surface area (Å²) in [6.07, 6.45) is 1.61. The molecule has 3 N–H and O–H groups in total. The van der Waals surface area contributed by atoms with Crippen LogP contribution in [0, 0.1) is 0 Å². The molecule has 0 aliphatic heterocycles. The maximum atomic E-state index is 6.00. The molecule has 0 spiro atoms. The number of nitrogens with one attached hydrogen (secondary N) is 1. The van der Waals surface area contributed by atoms with Crippen LogP contribution in [0.5, 0.6) is 17.2 Å². The molecule has 2 rings (SSSR count). The van der Waals surface area contributed by atoms with Crippen molar-refractivity contribution in [2.45, 2.75) is 19.8 Å². The maximum absolute atomic E-state index is 6.00. The highest BCUT2D eigenvalue weighted by Gasteiger charge is 2.12. The SMILES string of the molecule is CCc1cccc(NC(N)=NCCc2c(OC)cc(OC)cc2OC)c1. The zero-order chi connectivity index (χ0) is 18.9. The fraction of sp³-hybridized carbons (Fsp3) is 0.350. The summed E-state index contributed by atoms with van der Waals surface area (Å²) in [5.41, 5.74) is 9.12. The fourth-order valence-corrected chi connectivity index (χ4v) is 2.67.